The number of thiazole rings is 1. The third kappa shape index (κ3) is 2.91. The van der Waals surface area contributed by atoms with E-state index in [4.69, 9.17) is 10.5 Å². The Morgan fingerprint density at radius 2 is 2.29 bits per heavy atom. The fourth-order valence-electron chi connectivity index (χ4n) is 2.11. The molecule has 0 saturated carbocycles. The molecule has 0 aliphatic carbocycles. The van der Waals surface area contributed by atoms with Gasteiger partial charge in [0.1, 0.15) is 0 Å². The lowest BCUT2D eigenvalue weighted by Crippen LogP contribution is -2.41. The smallest absolute Gasteiger partial charge is 0.263 e. The summed E-state index contributed by atoms with van der Waals surface area (Å²) in [6.45, 7) is 4.43. The van der Waals surface area contributed by atoms with E-state index in [1.165, 1.54) is 20.0 Å². The maximum absolute atomic E-state index is 13.0. The van der Waals surface area contributed by atoms with Gasteiger partial charge < -0.3 is 10.5 Å². The summed E-state index contributed by atoms with van der Waals surface area (Å²) in [4.78, 5) is 4.68. The van der Waals surface area contributed by atoms with Crippen molar-refractivity contribution < 1.29 is 13.2 Å². The Kier molecular flexibility index (Phi) is 4.87. The van der Waals surface area contributed by atoms with E-state index in [1.807, 2.05) is 13.8 Å². The van der Waals surface area contributed by atoms with E-state index in [0.717, 1.165) is 0 Å². The first kappa shape index (κ1) is 16.2. The summed E-state index contributed by atoms with van der Waals surface area (Å²) in [5.74, 6) is 0.0348. The average Bonchev–Trinajstić information content (AvgIpc) is 2.97. The molecule has 2 rings (SSSR count). The van der Waals surface area contributed by atoms with E-state index in [1.54, 1.807) is 18.7 Å². The number of rotatable bonds is 7. The summed E-state index contributed by atoms with van der Waals surface area (Å²) < 4.78 is 33.9. The van der Waals surface area contributed by atoms with Crippen molar-refractivity contribution in [3.8, 4) is 0 Å². The topological polar surface area (TPSA) is 89.9 Å². The summed E-state index contributed by atoms with van der Waals surface area (Å²) in [6, 6.07) is -0.145. The summed E-state index contributed by atoms with van der Waals surface area (Å²) >= 11 is 1.35. The SMILES string of the molecule is CCC(C)N(CCOC)S(=O)(=O)c1c(N)nc2sccn12. The number of hydrogen-bond acceptors (Lipinski definition) is 6. The van der Waals surface area contributed by atoms with Crippen LogP contribution in [0.25, 0.3) is 4.96 Å². The van der Waals surface area contributed by atoms with Crippen LogP contribution >= 0.6 is 11.3 Å². The molecule has 0 bridgehead atoms. The summed E-state index contributed by atoms with van der Waals surface area (Å²) in [5.41, 5.74) is 5.83. The largest absolute Gasteiger partial charge is 0.383 e. The van der Waals surface area contributed by atoms with E-state index in [0.29, 0.717) is 18.0 Å². The zero-order chi connectivity index (χ0) is 15.6. The van der Waals surface area contributed by atoms with Crippen molar-refractivity contribution in [3.05, 3.63) is 11.6 Å². The molecule has 0 amide bonds. The number of anilines is 1. The summed E-state index contributed by atoms with van der Waals surface area (Å²) in [7, 11) is -2.19. The van der Waals surface area contributed by atoms with Crippen LogP contribution in [0.3, 0.4) is 0 Å². The first-order valence-electron chi connectivity index (χ1n) is 6.65. The van der Waals surface area contributed by atoms with Crippen molar-refractivity contribution in [2.24, 2.45) is 0 Å². The molecule has 0 aliphatic heterocycles. The van der Waals surface area contributed by atoms with Gasteiger partial charge in [-0.25, -0.2) is 13.4 Å². The van der Waals surface area contributed by atoms with Crippen molar-refractivity contribution in [1.29, 1.82) is 0 Å². The number of nitrogens with zero attached hydrogens (tertiary/aromatic N) is 3. The van der Waals surface area contributed by atoms with Crippen LogP contribution in [0.15, 0.2) is 16.6 Å². The molecule has 2 aromatic rings. The first-order valence-corrected chi connectivity index (χ1v) is 8.97. The number of nitrogens with two attached hydrogens (primary N) is 1. The zero-order valence-electron chi connectivity index (χ0n) is 12.3. The molecule has 2 aromatic heterocycles. The van der Waals surface area contributed by atoms with Gasteiger partial charge in [-0.15, -0.1) is 11.3 Å². The minimum Gasteiger partial charge on any atom is -0.383 e. The predicted molar refractivity (Wildman–Crippen MR) is 83.0 cm³/mol. The van der Waals surface area contributed by atoms with E-state index in [-0.39, 0.29) is 23.4 Å². The minimum absolute atomic E-state index is 0.0348. The van der Waals surface area contributed by atoms with E-state index in [2.05, 4.69) is 4.98 Å². The minimum atomic E-state index is -3.73. The Morgan fingerprint density at radius 1 is 1.57 bits per heavy atom. The molecule has 1 atom stereocenters. The molecule has 1 unspecified atom stereocenters. The predicted octanol–water partition coefficient (Wildman–Crippen LogP) is 1.41. The van der Waals surface area contributed by atoms with E-state index in [9.17, 15) is 8.42 Å². The Balaban J connectivity index is 2.51. The number of hydrogen-bond donors (Lipinski definition) is 1. The highest BCUT2D eigenvalue weighted by Gasteiger charge is 2.33. The maximum Gasteiger partial charge on any atom is 0.263 e. The monoisotopic (exact) mass is 332 g/mol. The van der Waals surface area contributed by atoms with Crippen LogP contribution in [0.4, 0.5) is 5.82 Å². The number of aromatic nitrogens is 2. The number of nitrogen functional groups attached to an aromatic ring is 1. The van der Waals surface area contributed by atoms with E-state index < -0.39 is 10.0 Å². The molecule has 2 heterocycles. The van der Waals surface area contributed by atoms with Gasteiger partial charge in [-0.1, -0.05) is 6.92 Å². The van der Waals surface area contributed by atoms with E-state index >= 15 is 0 Å². The molecular weight excluding hydrogens is 312 g/mol. The Morgan fingerprint density at radius 3 is 2.90 bits per heavy atom. The molecule has 118 valence electrons. The van der Waals surface area contributed by atoms with Crippen LogP contribution < -0.4 is 5.73 Å². The van der Waals surface area contributed by atoms with Crippen molar-refractivity contribution >= 4 is 32.1 Å². The first-order chi connectivity index (χ1) is 9.93. The van der Waals surface area contributed by atoms with Crippen molar-refractivity contribution in [2.45, 2.75) is 31.3 Å². The van der Waals surface area contributed by atoms with Crippen LogP contribution in [0, 0.1) is 0 Å². The van der Waals surface area contributed by atoms with Crippen LogP contribution in [-0.2, 0) is 14.8 Å². The summed E-state index contributed by atoms with van der Waals surface area (Å²) in [5, 5.41) is 1.82. The second kappa shape index (κ2) is 6.30. The Hall–Kier alpha value is -1.16. The van der Waals surface area contributed by atoms with Crippen molar-refractivity contribution in [2.75, 3.05) is 26.0 Å². The molecule has 0 fully saturated rings. The van der Waals surface area contributed by atoms with Crippen LogP contribution in [0.1, 0.15) is 20.3 Å². The van der Waals surface area contributed by atoms with Crippen LogP contribution in [0.5, 0.6) is 0 Å². The fraction of sp³-hybridized carbons (Fsp3) is 0.583. The highest BCUT2D eigenvalue weighted by molar-refractivity contribution is 7.89. The summed E-state index contributed by atoms with van der Waals surface area (Å²) in [6.07, 6.45) is 2.37. The second-order valence-corrected chi connectivity index (χ2v) is 7.40. The molecule has 0 radical (unpaired) electrons. The van der Waals surface area contributed by atoms with Gasteiger partial charge >= 0.3 is 0 Å². The molecule has 0 aliphatic rings. The van der Waals surface area contributed by atoms with Crippen molar-refractivity contribution in [3.63, 3.8) is 0 Å². The highest BCUT2D eigenvalue weighted by atomic mass is 32.2. The third-order valence-corrected chi connectivity index (χ3v) is 6.21. The lowest BCUT2D eigenvalue weighted by Gasteiger charge is -2.27. The quantitative estimate of drug-likeness (QED) is 0.828. The van der Waals surface area contributed by atoms with Crippen LogP contribution in [0.2, 0.25) is 0 Å². The van der Waals surface area contributed by atoms with Gasteiger partial charge in [-0.2, -0.15) is 4.31 Å². The normalized spacial score (nSPS) is 14.1. The number of ether oxygens (including phenoxy) is 1. The molecule has 0 aromatic carbocycles. The molecule has 0 spiro atoms. The number of methoxy groups -OCH3 is 1. The van der Waals surface area contributed by atoms with Crippen LogP contribution in [-0.4, -0.2) is 48.4 Å². The molecule has 7 nitrogen and oxygen atoms in total. The van der Waals surface area contributed by atoms with Gasteiger partial charge in [0, 0.05) is 31.3 Å². The van der Waals surface area contributed by atoms with Crippen molar-refractivity contribution in [1.82, 2.24) is 13.7 Å². The van der Waals surface area contributed by atoms with Gasteiger partial charge in [-0.3, -0.25) is 4.40 Å². The van der Waals surface area contributed by atoms with Gasteiger partial charge in [-0.05, 0) is 13.3 Å². The lowest BCUT2D eigenvalue weighted by atomic mass is 10.3. The maximum atomic E-state index is 13.0. The molecule has 2 N–H and O–H groups in total. The molecular formula is C12H20N4O3S2. The number of imidazole rings is 1. The molecule has 0 saturated heterocycles. The lowest BCUT2D eigenvalue weighted by molar-refractivity contribution is 0.167. The van der Waals surface area contributed by atoms with Gasteiger partial charge in [0.2, 0.25) is 0 Å². The van der Waals surface area contributed by atoms with Gasteiger partial charge in [0.25, 0.3) is 10.0 Å². The Labute approximate surface area is 128 Å². The highest BCUT2D eigenvalue weighted by Crippen LogP contribution is 2.27. The number of fused-ring (bicyclic) bond motifs is 1. The van der Waals surface area contributed by atoms with Gasteiger partial charge in [0.05, 0.1) is 6.61 Å². The average molecular weight is 332 g/mol. The zero-order valence-corrected chi connectivity index (χ0v) is 13.9. The molecule has 9 heteroatoms. The number of sulfonamides is 1. The third-order valence-electron chi connectivity index (χ3n) is 3.39. The second-order valence-electron chi connectivity index (χ2n) is 4.72. The standard InChI is InChI=1S/C12H20N4O3S2/c1-4-9(2)16(5-7-19-3)21(17,18)11-10(13)14-12-15(11)6-8-20-12/h6,8-9H,4-5,7,13H2,1-3H3. The fourth-order valence-corrected chi connectivity index (χ4v) is 4.76. The van der Waals surface area contributed by atoms with Gasteiger partial charge in [0.15, 0.2) is 15.8 Å². The Bertz CT molecular complexity index is 707. The molecule has 21 heavy (non-hydrogen) atoms.